The molecule has 4 nitrogen and oxygen atoms in total. The van der Waals surface area contributed by atoms with Gasteiger partial charge >= 0.3 is 6.03 Å². The van der Waals surface area contributed by atoms with Crippen molar-refractivity contribution in [1.82, 2.24) is 15.1 Å². The van der Waals surface area contributed by atoms with E-state index in [1.807, 2.05) is 6.92 Å². The highest BCUT2D eigenvalue weighted by molar-refractivity contribution is 5.75. The van der Waals surface area contributed by atoms with Gasteiger partial charge in [0, 0.05) is 13.2 Å². The second kappa shape index (κ2) is 3.18. The summed E-state index contributed by atoms with van der Waals surface area (Å²) in [6.07, 6.45) is 4.31. The molecule has 0 saturated heterocycles. The van der Waals surface area contributed by atoms with E-state index in [-0.39, 0.29) is 6.03 Å². The van der Waals surface area contributed by atoms with Gasteiger partial charge in [0.25, 0.3) is 0 Å². The summed E-state index contributed by atoms with van der Waals surface area (Å²) in [4.78, 5) is 10.9. The quantitative estimate of drug-likeness (QED) is 0.643. The first-order valence-corrected chi connectivity index (χ1v) is 3.53. The van der Waals surface area contributed by atoms with Gasteiger partial charge in [0.2, 0.25) is 0 Å². The maximum atomic E-state index is 10.9. The molecule has 1 heterocycles. The van der Waals surface area contributed by atoms with E-state index in [1.54, 1.807) is 19.4 Å². The Morgan fingerprint density at radius 3 is 3.00 bits per heavy atom. The number of rotatable bonds is 1. The fourth-order valence-corrected chi connectivity index (χ4v) is 0.768. The van der Waals surface area contributed by atoms with Gasteiger partial charge in [-0.1, -0.05) is 6.92 Å². The number of nitrogens with one attached hydrogen (secondary N) is 1. The first-order chi connectivity index (χ1) is 5.27. The molecule has 1 amide bonds. The number of hydrogen-bond donors (Lipinski definition) is 1. The first kappa shape index (κ1) is 7.78. The summed E-state index contributed by atoms with van der Waals surface area (Å²) in [6.45, 7) is 2.02. The van der Waals surface area contributed by atoms with Gasteiger partial charge in [-0.05, 0) is 12.0 Å². The van der Waals surface area contributed by atoms with Gasteiger partial charge in [0.05, 0.1) is 6.20 Å². The molecule has 60 valence electrons. The Morgan fingerprint density at radius 1 is 1.82 bits per heavy atom. The molecule has 1 rings (SSSR count). The third kappa shape index (κ3) is 1.58. The number of hydrogen-bond acceptors (Lipinski definition) is 2. The average Bonchev–Trinajstić information content (AvgIpc) is 2.50. The van der Waals surface area contributed by atoms with Crippen molar-refractivity contribution in [2.75, 3.05) is 7.05 Å². The zero-order chi connectivity index (χ0) is 8.27. The number of carbonyl (C=O) groups excluding carboxylic acids is 1. The maximum Gasteiger partial charge on any atom is 0.341 e. The summed E-state index contributed by atoms with van der Waals surface area (Å²) >= 11 is 0. The molecule has 0 unspecified atom stereocenters. The van der Waals surface area contributed by atoms with Crippen molar-refractivity contribution in [3.8, 4) is 0 Å². The number of carbonyl (C=O) groups is 1. The van der Waals surface area contributed by atoms with Gasteiger partial charge in [-0.25, -0.2) is 4.79 Å². The maximum absolute atomic E-state index is 10.9. The minimum atomic E-state index is -0.204. The molecular weight excluding hydrogens is 142 g/mol. The molecule has 0 aliphatic rings. The van der Waals surface area contributed by atoms with Crippen LogP contribution in [0.2, 0.25) is 0 Å². The van der Waals surface area contributed by atoms with Crippen LogP contribution in [0.15, 0.2) is 12.4 Å². The standard InChI is InChI=1S/C7H11N3O/c1-3-6-4-9-10(5-6)7(11)8-2/h4-5H,3H2,1-2H3,(H,8,11). The van der Waals surface area contributed by atoms with E-state index in [0.29, 0.717) is 0 Å². The largest absolute Gasteiger partial charge is 0.341 e. The monoisotopic (exact) mass is 153 g/mol. The van der Waals surface area contributed by atoms with Crippen LogP contribution >= 0.6 is 0 Å². The molecule has 1 aromatic rings. The van der Waals surface area contributed by atoms with Crippen LogP contribution in [0, 0.1) is 0 Å². The predicted molar refractivity (Wildman–Crippen MR) is 41.5 cm³/mol. The smallest absolute Gasteiger partial charge is 0.339 e. The molecule has 0 fully saturated rings. The lowest BCUT2D eigenvalue weighted by atomic mass is 10.3. The van der Waals surface area contributed by atoms with Crippen molar-refractivity contribution in [2.24, 2.45) is 0 Å². The van der Waals surface area contributed by atoms with Crippen molar-refractivity contribution >= 4 is 6.03 Å². The zero-order valence-electron chi connectivity index (χ0n) is 6.66. The Kier molecular flexibility index (Phi) is 2.25. The van der Waals surface area contributed by atoms with Crippen LogP contribution in [-0.2, 0) is 6.42 Å². The third-order valence-electron chi connectivity index (χ3n) is 1.47. The van der Waals surface area contributed by atoms with E-state index in [1.165, 1.54) is 4.68 Å². The number of nitrogens with zero attached hydrogens (tertiary/aromatic N) is 2. The minimum absolute atomic E-state index is 0.204. The number of amides is 1. The van der Waals surface area contributed by atoms with E-state index in [4.69, 9.17) is 0 Å². The fourth-order valence-electron chi connectivity index (χ4n) is 0.768. The average molecular weight is 153 g/mol. The van der Waals surface area contributed by atoms with E-state index in [0.717, 1.165) is 12.0 Å². The predicted octanol–water partition coefficient (Wildman–Crippen LogP) is 0.633. The van der Waals surface area contributed by atoms with Crippen LogP contribution in [0.3, 0.4) is 0 Å². The summed E-state index contributed by atoms with van der Waals surface area (Å²) in [6, 6.07) is -0.204. The highest BCUT2D eigenvalue weighted by Crippen LogP contribution is 1.96. The normalized spacial score (nSPS) is 9.64. The van der Waals surface area contributed by atoms with E-state index < -0.39 is 0 Å². The summed E-state index contributed by atoms with van der Waals surface area (Å²) in [7, 11) is 1.58. The summed E-state index contributed by atoms with van der Waals surface area (Å²) in [5.74, 6) is 0. The number of aromatic nitrogens is 2. The van der Waals surface area contributed by atoms with Crippen LogP contribution in [0.1, 0.15) is 12.5 Å². The van der Waals surface area contributed by atoms with Gasteiger partial charge < -0.3 is 5.32 Å². The molecule has 0 bridgehead atoms. The van der Waals surface area contributed by atoms with E-state index in [2.05, 4.69) is 10.4 Å². The molecule has 0 aliphatic heterocycles. The molecule has 1 aromatic heterocycles. The van der Waals surface area contributed by atoms with E-state index >= 15 is 0 Å². The summed E-state index contributed by atoms with van der Waals surface area (Å²) in [5, 5.41) is 6.34. The van der Waals surface area contributed by atoms with E-state index in [9.17, 15) is 4.79 Å². The lowest BCUT2D eigenvalue weighted by molar-refractivity contribution is 0.241. The van der Waals surface area contributed by atoms with Crippen molar-refractivity contribution in [1.29, 1.82) is 0 Å². The van der Waals surface area contributed by atoms with Crippen molar-refractivity contribution < 1.29 is 4.79 Å². The van der Waals surface area contributed by atoms with Gasteiger partial charge in [-0.3, -0.25) is 0 Å². The highest BCUT2D eigenvalue weighted by Gasteiger charge is 2.01. The van der Waals surface area contributed by atoms with Gasteiger partial charge in [-0.15, -0.1) is 0 Å². The molecule has 0 radical (unpaired) electrons. The Balaban J connectivity index is 2.80. The van der Waals surface area contributed by atoms with Crippen LogP contribution in [0.4, 0.5) is 4.79 Å². The van der Waals surface area contributed by atoms with Crippen molar-refractivity contribution in [3.63, 3.8) is 0 Å². The van der Waals surface area contributed by atoms with Crippen LogP contribution in [0.5, 0.6) is 0 Å². The SMILES string of the molecule is CCc1cnn(C(=O)NC)c1. The Labute approximate surface area is 65.2 Å². The molecule has 4 heteroatoms. The van der Waals surface area contributed by atoms with Crippen molar-refractivity contribution in [2.45, 2.75) is 13.3 Å². The second-order valence-corrected chi connectivity index (χ2v) is 2.20. The molecule has 0 aromatic carbocycles. The third-order valence-corrected chi connectivity index (χ3v) is 1.47. The fraction of sp³-hybridized carbons (Fsp3) is 0.429. The van der Waals surface area contributed by atoms with Crippen LogP contribution in [0.25, 0.3) is 0 Å². The summed E-state index contributed by atoms with van der Waals surface area (Å²) in [5.41, 5.74) is 1.06. The van der Waals surface area contributed by atoms with Gasteiger partial charge in [0.1, 0.15) is 0 Å². The molecular formula is C7H11N3O. The molecule has 0 atom stereocenters. The molecule has 0 saturated carbocycles. The molecule has 0 spiro atoms. The topological polar surface area (TPSA) is 46.9 Å². The number of aryl methyl sites for hydroxylation is 1. The Hall–Kier alpha value is -1.32. The molecule has 11 heavy (non-hydrogen) atoms. The second-order valence-electron chi connectivity index (χ2n) is 2.20. The van der Waals surface area contributed by atoms with Crippen LogP contribution in [-0.4, -0.2) is 22.9 Å². The molecule has 0 aliphatic carbocycles. The summed E-state index contributed by atoms with van der Waals surface area (Å²) < 4.78 is 1.29. The Bertz CT molecular complexity index is 254. The van der Waals surface area contributed by atoms with Gasteiger partial charge in [-0.2, -0.15) is 9.78 Å². The lowest BCUT2D eigenvalue weighted by Crippen LogP contribution is -2.24. The minimum Gasteiger partial charge on any atom is -0.339 e. The Morgan fingerprint density at radius 2 is 2.55 bits per heavy atom. The van der Waals surface area contributed by atoms with Crippen LogP contribution < -0.4 is 5.32 Å². The molecule has 1 N–H and O–H groups in total. The first-order valence-electron chi connectivity index (χ1n) is 3.53. The van der Waals surface area contributed by atoms with Gasteiger partial charge in [0.15, 0.2) is 0 Å². The van der Waals surface area contributed by atoms with Crippen molar-refractivity contribution in [3.05, 3.63) is 18.0 Å². The highest BCUT2D eigenvalue weighted by atomic mass is 16.2. The zero-order valence-corrected chi connectivity index (χ0v) is 6.66. The lowest BCUT2D eigenvalue weighted by Gasteiger charge is -1.95.